The van der Waals surface area contributed by atoms with E-state index in [4.69, 9.17) is 0 Å². The normalized spacial score (nSPS) is 11.0. The molecule has 4 heteroatoms. The Bertz CT molecular complexity index is 875. The van der Waals surface area contributed by atoms with Gasteiger partial charge in [-0.15, -0.1) is 11.8 Å². The van der Waals surface area contributed by atoms with Crippen molar-refractivity contribution in [1.29, 1.82) is 0 Å². The van der Waals surface area contributed by atoms with Crippen LogP contribution >= 0.6 is 11.8 Å². The number of aryl methyl sites for hydroxylation is 3. The highest BCUT2D eigenvalue weighted by molar-refractivity contribution is 8.00. The van der Waals surface area contributed by atoms with E-state index in [0.29, 0.717) is 12.3 Å². The lowest BCUT2D eigenvalue weighted by Crippen LogP contribution is -2.27. The Kier molecular flexibility index (Phi) is 5.49. The van der Waals surface area contributed by atoms with E-state index in [-0.39, 0.29) is 5.91 Å². The topological polar surface area (TPSA) is 44.9 Å². The molecule has 1 amide bonds. The number of para-hydroxylation sites is 1. The van der Waals surface area contributed by atoms with Gasteiger partial charge in [0.1, 0.15) is 0 Å². The fourth-order valence-electron chi connectivity index (χ4n) is 3.26. The largest absolute Gasteiger partial charge is 0.361 e. The lowest BCUT2D eigenvalue weighted by molar-refractivity contribution is -0.118. The Labute approximate surface area is 153 Å². The molecule has 1 aromatic heterocycles. The van der Waals surface area contributed by atoms with Crippen LogP contribution in [0.25, 0.3) is 10.9 Å². The second-order valence-electron chi connectivity index (χ2n) is 6.48. The summed E-state index contributed by atoms with van der Waals surface area (Å²) in [6, 6.07) is 12.6. The van der Waals surface area contributed by atoms with Crippen molar-refractivity contribution in [3.63, 3.8) is 0 Å². The van der Waals surface area contributed by atoms with Crippen LogP contribution in [0.2, 0.25) is 0 Å². The molecule has 0 aliphatic rings. The van der Waals surface area contributed by atoms with Crippen molar-refractivity contribution in [1.82, 2.24) is 10.3 Å². The monoisotopic (exact) mass is 352 g/mol. The van der Waals surface area contributed by atoms with E-state index >= 15 is 0 Å². The van der Waals surface area contributed by atoms with Gasteiger partial charge in [-0.05, 0) is 49.9 Å². The maximum Gasteiger partial charge on any atom is 0.230 e. The van der Waals surface area contributed by atoms with Crippen molar-refractivity contribution in [3.8, 4) is 0 Å². The Balaban J connectivity index is 1.50. The van der Waals surface area contributed by atoms with Crippen molar-refractivity contribution in [2.75, 3.05) is 12.3 Å². The first-order chi connectivity index (χ1) is 12.0. The first-order valence-electron chi connectivity index (χ1n) is 8.57. The smallest absolute Gasteiger partial charge is 0.230 e. The summed E-state index contributed by atoms with van der Waals surface area (Å²) in [5, 5.41) is 4.27. The lowest BCUT2D eigenvalue weighted by atomic mass is 10.1. The number of benzene rings is 2. The number of thioether (sulfide) groups is 1. The first-order valence-corrected chi connectivity index (χ1v) is 9.55. The number of aromatic amines is 1. The summed E-state index contributed by atoms with van der Waals surface area (Å²) in [7, 11) is 0. The van der Waals surface area contributed by atoms with Gasteiger partial charge in [0.15, 0.2) is 0 Å². The standard InChI is InChI=1S/C21H24N2OS/c1-14-10-15(2)21(16(3)11-14)25-13-20(24)22-9-8-17-12-23-19-7-5-4-6-18(17)19/h4-7,10-12,23H,8-9,13H2,1-3H3,(H,22,24). The molecule has 3 nitrogen and oxygen atoms in total. The third kappa shape index (κ3) is 4.26. The van der Waals surface area contributed by atoms with Gasteiger partial charge < -0.3 is 10.3 Å². The maximum atomic E-state index is 12.2. The molecule has 0 saturated heterocycles. The summed E-state index contributed by atoms with van der Waals surface area (Å²) in [6.07, 6.45) is 2.87. The summed E-state index contributed by atoms with van der Waals surface area (Å²) in [5.74, 6) is 0.544. The number of rotatable bonds is 6. The van der Waals surface area contributed by atoms with Crippen molar-refractivity contribution in [2.24, 2.45) is 0 Å². The number of amides is 1. The van der Waals surface area contributed by atoms with E-state index in [9.17, 15) is 4.79 Å². The molecule has 0 aliphatic carbocycles. The van der Waals surface area contributed by atoms with Crippen LogP contribution in [0.3, 0.4) is 0 Å². The van der Waals surface area contributed by atoms with Crippen molar-refractivity contribution in [2.45, 2.75) is 32.1 Å². The van der Waals surface area contributed by atoms with Gasteiger partial charge in [-0.1, -0.05) is 35.9 Å². The van der Waals surface area contributed by atoms with Crippen molar-refractivity contribution in [3.05, 3.63) is 64.8 Å². The predicted octanol–water partition coefficient (Wildman–Crippen LogP) is 4.54. The number of carbonyl (C=O) groups is 1. The van der Waals surface area contributed by atoms with Crippen LogP contribution in [0.1, 0.15) is 22.3 Å². The van der Waals surface area contributed by atoms with E-state index in [1.165, 1.54) is 32.5 Å². The summed E-state index contributed by atoms with van der Waals surface area (Å²) < 4.78 is 0. The molecule has 0 atom stereocenters. The van der Waals surface area contributed by atoms with E-state index in [1.807, 2.05) is 18.3 Å². The average Bonchev–Trinajstić information content (AvgIpc) is 2.97. The highest BCUT2D eigenvalue weighted by Crippen LogP contribution is 2.27. The van der Waals surface area contributed by atoms with E-state index in [0.717, 1.165) is 11.9 Å². The molecule has 3 aromatic rings. The molecule has 3 rings (SSSR count). The zero-order valence-corrected chi connectivity index (χ0v) is 15.8. The third-order valence-corrected chi connectivity index (χ3v) is 5.68. The SMILES string of the molecule is Cc1cc(C)c(SCC(=O)NCCc2c[nH]c3ccccc23)c(C)c1. The molecule has 2 aromatic carbocycles. The van der Waals surface area contributed by atoms with Crippen LogP contribution in [0.15, 0.2) is 47.5 Å². The molecule has 0 saturated carbocycles. The molecular weight excluding hydrogens is 328 g/mol. The second-order valence-corrected chi connectivity index (χ2v) is 7.46. The molecule has 0 spiro atoms. The number of carbonyl (C=O) groups excluding carboxylic acids is 1. The Morgan fingerprint density at radius 1 is 1.12 bits per heavy atom. The van der Waals surface area contributed by atoms with Crippen LogP contribution in [-0.2, 0) is 11.2 Å². The fraction of sp³-hybridized carbons (Fsp3) is 0.286. The van der Waals surface area contributed by atoms with Crippen molar-refractivity contribution >= 4 is 28.6 Å². The van der Waals surface area contributed by atoms with Crippen LogP contribution in [0.4, 0.5) is 0 Å². The van der Waals surface area contributed by atoms with Gasteiger partial charge in [0.25, 0.3) is 0 Å². The van der Waals surface area contributed by atoms with Crippen LogP contribution in [0, 0.1) is 20.8 Å². The minimum absolute atomic E-state index is 0.0872. The Morgan fingerprint density at radius 3 is 2.60 bits per heavy atom. The number of hydrogen-bond donors (Lipinski definition) is 2. The third-order valence-electron chi connectivity index (χ3n) is 4.34. The van der Waals surface area contributed by atoms with Gasteiger partial charge in [-0.3, -0.25) is 4.79 Å². The molecule has 0 bridgehead atoms. The number of nitrogens with one attached hydrogen (secondary N) is 2. The number of H-pyrrole nitrogens is 1. The fourth-order valence-corrected chi connectivity index (χ4v) is 4.21. The minimum Gasteiger partial charge on any atom is -0.361 e. The van der Waals surface area contributed by atoms with Crippen LogP contribution in [0.5, 0.6) is 0 Å². The van der Waals surface area contributed by atoms with Crippen LogP contribution in [-0.4, -0.2) is 23.2 Å². The van der Waals surface area contributed by atoms with Gasteiger partial charge in [0.05, 0.1) is 5.75 Å². The molecule has 0 fully saturated rings. The highest BCUT2D eigenvalue weighted by Gasteiger charge is 2.09. The molecule has 0 radical (unpaired) electrons. The molecule has 25 heavy (non-hydrogen) atoms. The Hall–Kier alpha value is -2.20. The average molecular weight is 353 g/mol. The summed E-state index contributed by atoms with van der Waals surface area (Å²) in [5.41, 5.74) is 6.14. The van der Waals surface area contributed by atoms with E-state index in [2.05, 4.69) is 55.3 Å². The second kappa shape index (κ2) is 7.79. The van der Waals surface area contributed by atoms with Gasteiger partial charge in [-0.25, -0.2) is 0 Å². The quantitative estimate of drug-likeness (QED) is 0.640. The van der Waals surface area contributed by atoms with Gasteiger partial charge >= 0.3 is 0 Å². The van der Waals surface area contributed by atoms with Gasteiger partial charge in [0, 0.05) is 28.5 Å². The van der Waals surface area contributed by atoms with Crippen molar-refractivity contribution < 1.29 is 4.79 Å². The lowest BCUT2D eigenvalue weighted by Gasteiger charge is -2.11. The predicted molar refractivity (Wildman–Crippen MR) is 106 cm³/mol. The molecule has 0 unspecified atom stereocenters. The molecule has 0 aliphatic heterocycles. The van der Waals surface area contributed by atoms with E-state index < -0.39 is 0 Å². The highest BCUT2D eigenvalue weighted by atomic mass is 32.2. The molecule has 130 valence electrons. The number of fused-ring (bicyclic) bond motifs is 1. The summed E-state index contributed by atoms with van der Waals surface area (Å²) in [4.78, 5) is 16.7. The zero-order valence-electron chi connectivity index (χ0n) is 15.0. The molecular formula is C21H24N2OS. The molecule has 1 heterocycles. The molecule has 2 N–H and O–H groups in total. The maximum absolute atomic E-state index is 12.2. The van der Waals surface area contributed by atoms with Crippen LogP contribution < -0.4 is 5.32 Å². The van der Waals surface area contributed by atoms with Gasteiger partial charge in [0.2, 0.25) is 5.91 Å². The zero-order chi connectivity index (χ0) is 17.8. The minimum atomic E-state index is 0.0872. The summed E-state index contributed by atoms with van der Waals surface area (Å²) >= 11 is 1.62. The van der Waals surface area contributed by atoms with Gasteiger partial charge in [-0.2, -0.15) is 0 Å². The van der Waals surface area contributed by atoms with E-state index in [1.54, 1.807) is 11.8 Å². The first kappa shape index (κ1) is 17.6. The number of aromatic nitrogens is 1. The summed E-state index contributed by atoms with van der Waals surface area (Å²) in [6.45, 7) is 6.98. The number of hydrogen-bond acceptors (Lipinski definition) is 2. The Morgan fingerprint density at radius 2 is 1.84 bits per heavy atom.